The van der Waals surface area contributed by atoms with Gasteiger partial charge in [0.15, 0.2) is 0 Å². The van der Waals surface area contributed by atoms with Gasteiger partial charge in [0.25, 0.3) is 0 Å². The van der Waals surface area contributed by atoms with Crippen molar-refractivity contribution in [1.82, 2.24) is 14.5 Å². The van der Waals surface area contributed by atoms with E-state index in [1.165, 1.54) is 49.3 Å². The number of rotatable bonds is 2. The predicted molar refractivity (Wildman–Crippen MR) is 159 cm³/mol. The Bertz CT molecular complexity index is 2150. The molecule has 0 aliphatic rings. The number of hydrogen-bond acceptors (Lipinski definition) is 2. The third-order valence-electron chi connectivity index (χ3n) is 7.71. The molecule has 0 amide bonds. The monoisotopic (exact) mass is 485 g/mol. The van der Waals surface area contributed by atoms with Gasteiger partial charge in [0, 0.05) is 39.6 Å². The molecule has 0 unspecified atom stereocenters. The maximum absolute atomic E-state index is 4.72. The molecule has 0 N–H and O–H groups in total. The molecule has 8 aromatic rings. The van der Waals surface area contributed by atoms with Crippen LogP contribution in [0.25, 0.3) is 71.2 Å². The van der Waals surface area contributed by atoms with Crippen LogP contribution in [-0.4, -0.2) is 14.5 Å². The fraction of sp³-hybridized carbons (Fsp3) is 0.0286. The van der Waals surface area contributed by atoms with Gasteiger partial charge in [-0.3, -0.25) is 9.97 Å². The van der Waals surface area contributed by atoms with E-state index in [1.807, 2.05) is 0 Å². The van der Waals surface area contributed by atoms with Crippen molar-refractivity contribution in [2.24, 2.45) is 0 Å². The van der Waals surface area contributed by atoms with Crippen molar-refractivity contribution in [3.8, 4) is 16.8 Å². The van der Waals surface area contributed by atoms with Gasteiger partial charge in [-0.1, -0.05) is 84.4 Å². The zero-order valence-electron chi connectivity index (χ0n) is 20.9. The lowest BCUT2D eigenvalue weighted by Crippen LogP contribution is -1.94. The van der Waals surface area contributed by atoms with Gasteiger partial charge >= 0.3 is 0 Å². The van der Waals surface area contributed by atoms with E-state index in [1.54, 1.807) is 12.4 Å². The Balaban J connectivity index is 1.38. The average Bonchev–Trinajstić information content (AvgIpc) is 3.31. The summed E-state index contributed by atoms with van der Waals surface area (Å²) in [5, 5.41) is 7.24. The summed E-state index contributed by atoms with van der Waals surface area (Å²) in [6.45, 7) is 2.14. The third kappa shape index (κ3) is 3.02. The first-order chi connectivity index (χ1) is 18.8. The molecule has 3 nitrogen and oxygen atoms in total. The van der Waals surface area contributed by atoms with Crippen LogP contribution in [0.4, 0.5) is 0 Å². The summed E-state index contributed by atoms with van der Waals surface area (Å²) in [6, 6.07) is 39.5. The molecule has 0 saturated heterocycles. The standard InChI is InChI=1S/C35H23N3/c1-22-13-15-28-30(19-22)31-21-24(14-16-29(31)35-34(28)36-17-18-37-35)23-7-6-8-25(20-23)38-32-11-4-2-9-26(32)27-10-3-5-12-33(27)38/h2-21H,1H3. The minimum Gasteiger partial charge on any atom is -0.309 e. The zero-order chi connectivity index (χ0) is 25.2. The Labute approximate surface area is 219 Å². The summed E-state index contributed by atoms with van der Waals surface area (Å²) in [4.78, 5) is 9.42. The molecule has 0 aliphatic heterocycles. The van der Waals surface area contributed by atoms with E-state index in [4.69, 9.17) is 9.97 Å². The van der Waals surface area contributed by atoms with E-state index in [-0.39, 0.29) is 0 Å². The second kappa shape index (κ2) is 7.99. The summed E-state index contributed by atoms with van der Waals surface area (Å²) < 4.78 is 2.37. The highest BCUT2D eigenvalue weighted by molar-refractivity contribution is 6.23. The van der Waals surface area contributed by atoms with Gasteiger partial charge in [0.1, 0.15) is 0 Å². The second-order valence-corrected chi connectivity index (χ2v) is 9.98. The van der Waals surface area contributed by atoms with E-state index in [0.717, 1.165) is 27.5 Å². The van der Waals surface area contributed by atoms with Crippen molar-refractivity contribution in [1.29, 1.82) is 0 Å². The molecule has 8 rings (SSSR count). The number of fused-ring (bicyclic) bond motifs is 9. The van der Waals surface area contributed by atoms with Crippen LogP contribution in [-0.2, 0) is 0 Å². The van der Waals surface area contributed by atoms with Crippen LogP contribution in [0.15, 0.2) is 122 Å². The van der Waals surface area contributed by atoms with Crippen LogP contribution < -0.4 is 0 Å². The van der Waals surface area contributed by atoms with Gasteiger partial charge < -0.3 is 4.57 Å². The van der Waals surface area contributed by atoms with Crippen LogP contribution in [0.5, 0.6) is 0 Å². The third-order valence-corrected chi connectivity index (χ3v) is 7.71. The SMILES string of the molecule is Cc1ccc2c(c1)c1cc(-c3cccc(-n4c5ccccc5c5ccccc54)c3)ccc1c1nccnc21. The molecule has 0 radical (unpaired) electrons. The summed E-state index contributed by atoms with van der Waals surface area (Å²) in [7, 11) is 0. The normalized spacial score (nSPS) is 11.8. The first-order valence-electron chi connectivity index (χ1n) is 12.9. The highest BCUT2D eigenvalue weighted by atomic mass is 15.0. The highest BCUT2D eigenvalue weighted by Gasteiger charge is 2.14. The van der Waals surface area contributed by atoms with Crippen molar-refractivity contribution in [3.63, 3.8) is 0 Å². The van der Waals surface area contributed by atoms with Gasteiger partial charge in [-0.05, 0) is 59.2 Å². The molecule has 0 saturated carbocycles. The van der Waals surface area contributed by atoms with Crippen molar-refractivity contribution in [2.45, 2.75) is 6.92 Å². The van der Waals surface area contributed by atoms with E-state index >= 15 is 0 Å². The molecule has 0 aliphatic carbocycles. The molecule has 2 heterocycles. The van der Waals surface area contributed by atoms with Crippen LogP contribution >= 0.6 is 0 Å². The predicted octanol–water partition coefficient (Wildman–Crippen LogP) is 9.01. The number of nitrogens with zero attached hydrogens (tertiary/aromatic N) is 3. The second-order valence-electron chi connectivity index (χ2n) is 9.98. The fourth-order valence-electron chi connectivity index (χ4n) is 6.00. The number of aromatic nitrogens is 3. The quantitative estimate of drug-likeness (QED) is 0.229. The molecule has 0 fully saturated rings. The van der Waals surface area contributed by atoms with Crippen LogP contribution in [0.3, 0.4) is 0 Å². The van der Waals surface area contributed by atoms with Crippen molar-refractivity contribution >= 4 is 54.4 Å². The molecular formula is C35H23N3. The molecule has 38 heavy (non-hydrogen) atoms. The maximum atomic E-state index is 4.72. The van der Waals surface area contributed by atoms with Gasteiger partial charge in [0.2, 0.25) is 0 Å². The minimum atomic E-state index is 0.949. The summed E-state index contributed by atoms with van der Waals surface area (Å²) in [5.41, 5.74) is 9.11. The van der Waals surface area contributed by atoms with Gasteiger partial charge in [0.05, 0.1) is 22.1 Å². The average molecular weight is 486 g/mol. The van der Waals surface area contributed by atoms with E-state index < -0.39 is 0 Å². The van der Waals surface area contributed by atoms with Crippen molar-refractivity contribution in [2.75, 3.05) is 0 Å². The smallest absolute Gasteiger partial charge is 0.0971 e. The van der Waals surface area contributed by atoms with E-state index in [9.17, 15) is 0 Å². The van der Waals surface area contributed by atoms with E-state index in [0.29, 0.717) is 0 Å². The fourth-order valence-corrected chi connectivity index (χ4v) is 6.00. The number of para-hydroxylation sites is 2. The first kappa shape index (κ1) is 21.1. The molecule has 0 atom stereocenters. The molecule has 2 aromatic heterocycles. The van der Waals surface area contributed by atoms with Gasteiger partial charge in [-0.25, -0.2) is 0 Å². The Hall–Kier alpha value is -5.02. The zero-order valence-corrected chi connectivity index (χ0v) is 20.9. The van der Waals surface area contributed by atoms with Gasteiger partial charge in [-0.15, -0.1) is 0 Å². The van der Waals surface area contributed by atoms with Crippen molar-refractivity contribution < 1.29 is 0 Å². The number of benzene rings is 6. The minimum absolute atomic E-state index is 0.949. The molecule has 6 aromatic carbocycles. The Morgan fingerprint density at radius 1 is 0.474 bits per heavy atom. The van der Waals surface area contributed by atoms with E-state index in [2.05, 4.69) is 121 Å². The Morgan fingerprint density at radius 3 is 1.79 bits per heavy atom. The number of hydrogen-bond donors (Lipinski definition) is 0. The summed E-state index contributed by atoms with van der Waals surface area (Å²) >= 11 is 0. The Morgan fingerprint density at radius 2 is 1.08 bits per heavy atom. The summed E-state index contributed by atoms with van der Waals surface area (Å²) in [6.07, 6.45) is 3.56. The first-order valence-corrected chi connectivity index (χ1v) is 12.9. The molecule has 0 spiro atoms. The van der Waals surface area contributed by atoms with Crippen LogP contribution in [0.2, 0.25) is 0 Å². The maximum Gasteiger partial charge on any atom is 0.0971 e. The Kier molecular flexibility index (Phi) is 4.44. The molecule has 178 valence electrons. The summed E-state index contributed by atoms with van der Waals surface area (Å²) in [5.74, 6) is 0. The lowest BCUT2D eigenvalue weighted by Gasteiger charge is -2.13. The number of aryl methyl sites for hydroxylation is 1. The highest BCUT2D eigenvalue weighted by Crippen LogP contribution is 2.37. The van der Waals surface area contributed by atoms with Crippen LogP contribution in [0, 0.1) is 6.92 Å². The molecule has 0 bridgehead atoms. The lowest BCUT2D eigenvalue weighted by atomic mass is 9.94. The van der Waals surface area contributed by atoms with Crippen LogP contribution in [0.1, 0.15) is 5.56 Å². The largest absolute Gasteiger partial charge is 0.309 e. The van der Waals surface area contributed by atoms with Gasteiger partial charge in [-0.2, -0.15) is 0 Å². The topological polar surface area (TPSA) is 30.7 Å². The lowest BCUT2D eigenvalue weighted by molar-refractivity contribution is 1.18. The van der Waals surface area contributed by atoms with Crippen molar-refractivity contribution in [3.05, 3.63) is 127 Å². The molecular weight excluding hydrogens is 462 g/mol. The molecule has 3 heteroatoms.